The van der Waals surface area contributed by atoms with E-state index in [1.54, 1.807) is 0 Å². The first-order chi connectivity index (χ1) is 16.2. The van der Waals surface area contributed by atoms with E-state index in [4.69, 9.17) is 9.47 Å². The third-order valence-corrected chi connectivity index (χ3v) is 8.22. The zero-order chi connectivity index (χ0) is 22.7. The Morgan fingerprint density at radius 3 is 2.79 bits per heavy atom. The smallest absolute Gasteiger partial charge is 0.164 e. The topological polar surface area (TPSA) is 35.5 Å². The zero-order valence-electron chi connectivity index (χ0n) is 19.8. The average molecular weight is 445 g/mol. The second kappa shape index (κ2) is 9.85. The number of ether oxygens (including phenoxy) is 2. The largest absolute Gasteiger partial charge is 0.489 e. The number of hydrogen-bond acceptors (Lipinski definition) is 3. The summed E-state index contributed by atoms with van der Waals surface area (Å²) in [6.45, 7) is 4.18. The molecule has 174 valence electrons. The predicted molar refractivity (Wildman–Crippen MR) is 131 cm³/mol. The van der Waals surface area contributed by atoms with Gasteiger partial charge in [0.2, 0.25) is 0 Å². The minimum absolute atomic E-state index is 0.303. The van der Waals surface area contributed by atoms with Gasteiger partial charge in [0.1, 0.15) is 12.4 Å². The molecule has 33 heavy (non-hydrogen) atoms. The molecule has 0 bridgehead atoms. The van der Waals surface area contributed by atoms with Crippen LogP contribution < -0.4 is 4.74 Å². The third kappa shape index (κ3) is 4.40. The molecule has 1 fully saturated rings. The number of hydrogen-bond donors (Lipinski definition) is 0. The van der Waals surface area contributed by atoms with E-state index in [9.17, 15) is 4.79 Å². The van der Waals surface area contributed by atoms with Crippen molar-refractivity contribution in [2.45, 2.75) is 64.4 Å². The van der Waals surface area contributed by atoms with E-state index in [-0.39, 0.29) is 5.41 Å². The highest BCUT2D eigenvalue weighted by molar-refractivity contribution is 5.98. The quantitative estimate of drug-likeness (QED) is 0.406. The monoisotopic (exact) mass is 444 g/mol. The molecule has 2 aromatic rings. The first-order valence-corrected chi connectivity index (χ1v) is 12.8. The molecule has 3 heteroatoms. The maximum absolute atomic E-state index is 13.0. The number of allylic oxidation sites excluding steroid dienone is 2. The standard InChI is InChI=1S/C30H36O3/c1-2-3-7-18-32-21-30-17-16-26-25-13-11-24(33-20-22-8-5-4-6-9-22)19-23(25)10-12-27(26)28(30)14-15-29(30)31/h4-6,8-9,11,13-15,19,26-28H,2-3,7,10,12,16-18,20-21H2,1H3/t26-,27-,28+,30-/m1/s1. The van der Waals surface area contributed by atoms with Gasteiger partial charge in [-0.25, -0.2) is 0 Å². The van der Waals surface area contributed by atoms with Gasteiger partial charge in [0.05, 0.1) is 12.0 Å². The van der Waals surface area contributed by atoms with E-state index in [1.807, 2.05) is 24.3 Å². The second-order valence-electron chi connectivity index (χ2n) is 10.1. The molecule has 0 radical (unpaired) electrons. The van der Waals surface area contributed by atoms with Crippen LogP contribution in [0.1, 0.15) is 68.1 Å². The van der Waals surface area contributed by atoms with Crippen molar-refractivity contribution < 1.29 is 14.3 Å². The Balaban J connectivity index is 1.28. The van der Waals surface area contributed by atoms with Gasteiger partial charge in [-0.3, -0.25) is 4.79 Å². The molecule has 3 nitrogen and oxygen atoms in total. The number of fused-ring (bicyclic) bond motifs is 5. The van der Waals surface area contributed by atoms with Gasteiger partial charge in [-0.1, -0.05) is 62.2 Å². The number of carbonyl (C=O) groups is 1. The van der Waals surface area contributed by atoms with Gasteiger partial charge in [-0.2, -0.15) is 0 Å². The van der Waals surface area contributed by atoms with E-state index >= 15 is 0 Å². The van der Waals surface area contributed by atoms with Crippen LogP contribution in [-0.2, 0) is 22.6 Å². The number of rotatable bonds is 9. The number of carbonyl (C=O) groups excluding carboxylic acids is 1. The molecule has 0 N–H and O–H groups in total. The van der Waals surface area contributed by atoms with E-state index in [1.165, 1.54) is 29.5 Å². The lowest BCUT2D eigenvalue weighted by atomic mass is 9.55. The lowest BCUT2D eigenvalue weighted by Gasteiger charge is -2.49. The van der Waals surface area contributed by atoms with E-state index in [0.717, 1.165) is 44.5 Å². The summed E-state index contributed by atoms with van der Waals surface area (Å²) in [5.74, 6) is 2.64. The maximum Gasteiger partial charge on any atom is 0.164 e. The van der Waals surface area contributed by atoms with Crippen molar-refractivity contribution >= 4 is 5.78 Å². The fourth-order valence-corrected chi connectivity index (χ4v) is 6.45. The molecule has 0 heterocycles. The van der Waals surface area contributed by atoms with Crippen LogP contribution in [0.3, 0.4) is 0 Å². The van der Waals surface area contributed by atoms with E-state index in [0.29, 0.717) is 36.8 Å². The second-order valence-corrected chi connectivity index (χ2v) is 10.1. The summed E-state index contributed by atoms with van der Waals surface area (Å²) < 4.78 is 12.2. The van der Waals surface area contributed by atoms with Crippen molar-refractivity contribution in [2.24, 2.45) is 17.3 Å². The van der Waals surface area contributed by atoms with Crippen LogP contribution in [0.2, 0.25) is 0 Å². The Morgan fingerprint density at radius 2 is 1.94 bits per heavy atom. The van der Waals surface area contributed by atoms with Crippen LogP contribution in [0.15, 0.2) is 60.7 Å². The molecular weight excluding hydrogens is 408 g/mol. The highest BCUT2D eigenvalue weighted by atomic mass is 16.5. The number of unbranched alkanes of at least 4 members (excludes halogenated alkanes) is 2. The van der Waals surface area contributed by atoms with Gasteiger partial charge in [0.15, 0.2) is 5.78 Å². The van der Waals surface area contributed by atoms with Gasteiger partial charge in [0.25, 0.3) is 0 Å². The van der Waals surface area contributed by atoms with Crippen LogP contribution in [0.25, 0.3) is 0 Å². The highest BCUT2D eigenvalue weighted by Crippen LogP contribution is 2.58. The molecular formula is C30H36O3. The lowest BCUT2D eigenvalue weighted by molar-refractivity contribution is -0.134. The van der Waals surface area contributed by atoms with Gasteiger partial charge in [0, 0.05) is 6.61 Å². The normalized spacial score (nSPS) is 27.7. The highest BCUT2D eigenvalue weighted by Gasteiger charge is 2.55. The minimum Gasteiger partial charge on any atom is -0.489 e. The molecule has 3 aliphatic carbocycles. The van der Waals surface area contributed by atoms with Crippen molar-refractivity contribution in [3.8, 4) is 5.75 Å². The number of benzene rings is 2. The maximum atomic E-state index is 13.0. The third-order valence-electron chi connectivity index (χ3n) is 8.22. The van der Waals surface area contributed by atoms with E-state index in [2.05, 4.69) is 43.3 Å². The van der Waals surface area contributed by atoms with E-state index < -0.39 is 0 Å². The van der Waals surface area contributed by atoms with Crippen LogP contribution in [-0.4, -0.2) is 19.0 Å². The lowest BCUT2D eigenvalue weighted by Crippen LogP contribution is -2.47. The summed E-state index contributed by atoms with van der Waals surface area (Å²) >= 11 is 0. The predicted octanol–water partition coefficient (Wildman–Crippen LogP) is 6.65. The molecule has 0 amide bonds. The molecule has 1 saturated carbocycles. The van der Waals surface area contributed by atoms with Crippen molar-refractivity contribution in [3.63, 3.8) is 0 Å². The fraction of sp³-hybridized carbons (Fsp3) is 0.500. The Labute approximate surface area is 198 Å². The molecule has 5 rings (SSSR count). The van der Waals surface area contributed by atoms with Crippen molar-refractivity contribution in [1.29, 1.82) is 0 Å². The number of ketones is 1. The zero-order valence-corrected chi connectivity index (χ0v) is 19.8. The Morgan fingerprint density at radius 1 is 1.06 bits per heavy atom. The van der Waals surface area contributed by atoms with Gasteiger partial charge >= 0.3 is 0 Å². The van der Waals surface area contributed by atoms with Crippen LogP contribution >= 0.6 is 0 Å². The molecule has 0 saturated heterocycles. The summed E-state index contributed by atoms with van der Waals surface area (Å²) in [6.07, 6.45) is 11.8. The van der Waals surface area contributed by atoms with Crippen LogP contribution in [0.4, 0.5) is 0 Å². The number of aryl methyl sites for hydroxylation is 1. The molecule has 2 aromatic carbocycles. The summed E-state index contributed by atoms with van der Waals surface area (Å²) in [5, 5.41) is 0. The molecule has 0 aromatic heterocycles. The minimum atomic E-state index is -0.316. The Bertz CT molecular complexity index is 995. The van der Waals surface area contributed by atoms with Gasteiger partial charge in [-0.15, -0.1) is 0 Å². The first-order valence-electron chi connectivity index (χ1n) is 12.8. The SMILES string of the molecule is CCCCCOC[C@]12CC[C@@H]3c4ccc(OCc5ccccc5)cc4CC[C@H]3[C@@H]1C=CC2=O. The average Bonchev–Trinajstić information content (AvgIpc) is 3.19. The van der Waals surface area contributed by atoms with Crippen LogP contribution in [0.5, 0.6) is 5.75 Å². The first kappa shape index (κ1) is 22.4. The molecule has 0 unspecified atom stereocenters. The Hall–Kier alpha value is -2.39. The van der Waals surface area contributed by atoms with Gasteiger partial charge in [-0.05, 0) is 84.8 Å². The summed E-state index contributed by atoms with van der Waals surface area (Å²) in [5.41, 5.74) is 3.78. The summed E-state index contributed by atoms with van der Waals surface area (Å²) in [7, 11) is 0. The molecule has 3 aliphatic rings. The van der Waals surface area contributed by atoms with Crippen molar-refractivity contribution in [3.05, 3.63) is 77.4 Å². The summed E-state index contributed by atoms with van der Waals surface area (Å²) in [4.78, 5) is 13.0. The van der Waals surface area contributed by atoms with Gasteiger partial charge < -0.3 is 9.47 Å². The summed E-state index contributed by atoms with van der Waals surface area (Å²) in [6, 6.07) is 17.0. The van der Waals surface area contributed by atoms with Crippen molar-refractivity contribution in [2.75, 3.05) is 13.2 Å². The molecule has 0 aliphatic heterocycles. The van der Waals surface area contributed by atoms with Crippen LogP contribution in [0, 0.1) is 17.3 Å². The fourth-order valence-electron chi connectivity index (χ4n) is 6.45. The molecule has 4 atom stereocenters. The van der Waals surface area contributed by atoms with Crippen molar-refractivity contribution in [1.82, 2.24) is 0 Å². The molecule has 0 spiro atoms. The Kier molecular flexibility index (Phi) is 6.69.